The molecular weight excluding hydrogens is 375 g/mol. The van der Waals surface area contributed by atoms with E-state index >= 15 is 0 Å². The molecule has 0 bridgehead atoms. The Morgan fingerprint density at radius 1 is 0.857 bits per heavy atom. The molecule has 0 aromatic rings. The fourth-order valence-electron chi connectivity index (χ4n) is 4.81. The molecule has 0 spiro atoms. The fourth-order valence-corrected chi connectivity index (χ4v) is 5.47. The van der Waals surface area contributed by atoms with E-state index < -0.39 is 3.79 Å². The molecule has 0 aromatic heterocycles. The Balaban J connectivity index is 2.18. The summed E-state index contributed by atoms with van der Waals surface area (Å²) < 4.78 is 11.3. The minimum Gasteiger partial charge on any atom is -0.345 e. The Morgan fingerprint density at radius 2 is 1.33 bits per heavy atom. The third kappa shape index (κ3) is 3.95. The van der Waals surface area contributed by atoms with Crippen molar-refractivity contribution in [3.63, 3.8) is 0 Å². The van der Waals surface area contributed by atoms with Crippen LogP contribution in [0.15, 0.2) is 0 Å². The maximum Gasteiger partial charge on any atom is 0.226 e. The Labute approximate surface area is 144 Å². The molecule has 21 heavy (non-hydrogen) atoms. The lowest BCUT2D eigenvalue weighted by Gasteiger charge is -2.50. The molecule has 2 aliphatic carbocycles. The highest BCUT2D eigenvalue weighted by Crippen LogP contribution is 2.55. The summed E-state index contributed by atoms with van der Waals surface area (Å²) in [4.78, 5) is 0. The number of methoxy groups -OCH3 is 2. The lowest BCUT2D eigenvalue weighted by Crippen LogP contribution is -2.50. The van der Waals surface area contributed by atoms with Crippen LogP contribution in [0.4, 0.5) is 0 Å². The van der Waals surface area contributed by atoms with Crippen molar-refractivity contribution < 1.29 is 9.47 Å². The van der Waals surface area contributed by atoms with Crippen LogP contribution in [0.2, 0.25) is 0 Å². The lowest BCUT2D eigenvalue weighted by atomic mass is 9.64. The van der Waals surface area contributed by atoms with E-state index in [1.807, 2.05) is 14.2 Å². The normalized spacial score (nSPS) is 25.7. The summed E-state index contributed by atoms with van der Waals surface area (Å²) in [6, 6.07) is 0. The number of ether oxygens (including phenoxy) is 2. The molecule has 0 N–H and O–H groups in total. The topological polar surface area (TPSA) is 18.5 Å². The molecule has 2 rings (SSSR count). The largest absolute Gasteiger partial charge is 0.345 e. The van der Waals surface area contributed by atoms with Crippen molar-refractivity contribution in [1.29, 1.82) is 0 Å². The Bertz CT molecular complexity index is 304. The van der Waals surface area contributed by atoms with E-state index in [1.165, 1.54) is 70.6 Å². The van der Waals surface area contributed by atoms with Gasteiger partial charge in [0.1, 0.15) is 0 Å². The van der Waals surface area contributed by atoms with Crippen LogP contribution in [0.3, 0.4) is 0 Å². The summed E-state index contributed by atoms with van der Waals surface area (Å²) >= 11 is 2.44. The van der Waals surface area contributed by atoms with Crippen molar-refractivity contribution in [2.75, 3.05) is 14.2 Å². The van der Waals surface area contributed by atoms with Gasteiger partial charge >= 0.3 is 0 Å². The monoisotopic (exact) mass is 408 g/mol. The first-order valence-corrected chi connectivity index (χ1v) is 9.93. The van der Waals surface area contributed by atoms with Gasteiger partial charge in [0.05, 0.1) is 0 Å². The van der Waals surface area contributed by atoms with Gasteiger partial charge in [0.25, 0.3) is 0 Å². The SMILES string of the molecule is COC(I)(OC)C(C)(CC1CCCCC1)C1CCCCC1. The van der Waals surface area contributed by atoms with Crippen molar-refractivity contribution >= 4 is 22.6 Å². The van der Waals surface area contributed by atoms with Crippen LogP contribution in [0, 0.1) is 17.3 Å². The van der Waals surface area contributed by atoms with E-state index in [4.69, 9.17) is 9.47 Å². The second kappa shape index (κ2) is 7.96. The van der Waals surface area contributed by atoms with Crippen LogP contribution in [-0.4, -0.2) is 18.0 Å². The lowest BCUT2D eigenvalue weighted by molar-refractivity contribution is -0.215. The van der Waals surface area contributed by atoms with Crippen molar-refractivity contribution in [2.45, 2.75) is 81.3 Å². The van der Waals surface area contributed by atoms with Crippen LogP contribution >= 0.6 is 22.6 Å². The molecule has 2 fully saturated rings. The maximum absolute atomic E-state index is 5.91. The standard InChI is InChI=1S/C18H33IO2/c1-17(18(19,20-2)21-3,16-12-8-5-9-13-16)14-15-10-6-4-7-11-15/h15-16H,4-14H2,1-3H3. The highest BCUT2D eigenvalue weighted by Gasteiger charge is 2.53. The van der Waals surface area contributed by atoms with Gasteiger partial charge < -0.3 is 9.47 Å². The van der Waals surface area contributed by atoms with E-state index in [9.17, 15) is 0 Å². The molecule has 0 aromatic carbocycles. The zero-order valence-corrected chi connectivity index (χ0v) is 16.3. The minimum absolute atomic E-state index is 0.124. The molecule has 3 heteroatoms. The van der Waals surface area contributed by atoms with E-state index in [0.717, 1.165) is 11.8 Å². The predicted molar refractivity (Wildman–Crippen MR) is 96.6 cm³/mol. The van der Waals surface area contributed by atoms with Crippen LogP contribution in [0.25, 0.3) is 0 Å². The van der Waals surface area contributed by atoms with Crippen molar-refractivity contribution in [2.24, 2.45) is 17.3 Å². The second-order valence-corrected chi connectivity index (χ2v) is 8.83. The van der Waals surface area contributed by atoms with Gasteiger partial charge in [-0.15, -0.1) is 0 Å². The average molecular weight is 408 g/mol. The first-order chi connectivity index (χ1) is 10.1. The highest BCUT2D eigenvalue weighted by atomic mass is 127. The average Bonchev–Trinajstić information content (AvgIpc) is 2.55. The Kier molecular flexibility index (Phi) is 6.82. The number of hydrogen-bond donors (Lipinski definition) is 0. The summed E-state index contributed by atoms with van der Waals surface area (Å²) in [5, 5.41) is 0. The molecular formula is C18H33IO2. The molecule has 2 aliphatic rings. The van der Waals surface area contributed by atoms with Crippen LogP contribution in [0.5, 0.6) is 0 Å². The van der Waals surface area contributed by atoms with E-state index in [2.05, 4.69) is 29.5 Å². The first kappa shape index (κ1) is 18.0. The van der Waals surface area contributed by atoms with Crippen LogP contribution in [0.1, 0.15) is 77.6 Å². The van der Waals surface area contributed by atoms with Gasteiger partial charge in [-0.25, -0.2) is 0 Å². The van der Waals surface area contributed by atoms with E-state index in [-0.39, 0.29) is 5.41 Å². The van der Waals surface area contributed by atoms with Gasteiger partial charge in [0, 0.05) is 19.6 Å². The minimum atomic E-state index is -0.482. The van der Waals surface area contributed by atoms with Crippen LogP contribution < -0.4 is 0 Å². The molecule has 124 valence electrons. The first-order valence-electron chi connectivity index (χ1n) is 8.85. The molecule has 2 nitrogen and oxygen atoms in total. The number of alkyl halides is 1. The van der Waals surface area contributed by atoms with Gasteiger partial charge in [-0.3, -0.25) is 0 Å². The molecule has 1 unspecified atom stereocenters. The third-order valence-corrected chi connectivity index (χ3v) is 8.26. The summed E-state index contributed by atoms with van der Waals surface area (Å²) in [5.74, 6) is 1.61. The zero-order valence-electron chi connectivity index (χ0n) is 14.1. The number of hydrogen-bond acceptors (Lipinski definition) is 2. The summed E-state index contributed by atoms with van der Waals surface area (Å²) in [6.07, 6.45) is 15.2. The molecule has 0 radical (unpaired) electrons. The molecule has 0 saturated heterocycles. The van der Waals surface area contributed by atoms with Crippen molar-refractivity contribution in [1.82, 2.24) is 0 Å². The molecule has 0 amide bonds. The maximum atomic E-state index is 5.91. The number of rotatable bonds is 6. The fraction of sp³-hybridized carbons (Fsp3) is 1.00. The summed E-state index contributed by atoms with van der Waals surface area (Å²) in [7, 11) is 3.63. The van der Waals surface area contributed by atoms with E-state index in [1.54, 1.807) is 0 Å². The van der Waals surface area contributed by atoms with Gasteiger partial charge in [-0.05, 0) is 53.7 Å². The smallest absolute Gasteiger partial charge is 0.226 e. The second-order valence-electron chi connectivity index (χ2n) is 7.41. The third-order valence-electron chi connectivity index (χ3n) is 6.15. The Morgan fingerprint density at radius 3 is 1.81 bits per heavy atom. The van der Waals surface area contributed by atoms with Gasteiger partial charge in [0.15, 0.2) is 0 Å². The molecule has 2 saturated carbocycles. The highest BCUT2D eigenvalue weighted by molar-refractivity contribution is 14.1. The summed E-state index contributed by atoms with van der Waals surface area (Å²) in [6.45, 7) is 2.44. The molecule has 0 heterocycles. The van der Waals surface area contributed by atoms with Crippen molar-refractivity contribution in [3.05, 3.63) is 0 Å². The van der Waals surface area contributed by atoms with Gasteiger partial charge in [-0.1, -0.05) is 58.3 Å². The van der Waals surface area contributed by atoms with E-state index in [0.29, 0.717) is 0 Å². The number of halogens is 1. The molecule has 1 atom stereocenters. The van der Waals surface area contributed by atoms with Gasteiger partial charge in [0.2, 0.25) is 3.79 Å². The zero-order chi connectivity index (χ0) is 15.3. The van der Waals surface area contributed by atoms with Crippen LogP contribution in [-0.2, 0) is 9.47 Å². The van der Waals surface area contributed by atoms with Crippen molar-refractivity contribution in [3.8, 4) is 0 Å². The predicted octanol–water partition coefficient (Wildman–Crippen LogP) is 5.93. The quantitative estimate of drug-likeness (QED) is 0.308. The Hall–Kier alpha value is 0.650. The summed E-state index contributed by atoms with van der Waals surface area (Å²) in [5.41, 5.74) is 0.124. The van der Waals surface area contributed by atoms with Gasteiger partial charge in [-0.2, -0.15) is 0 Å². The molecule has 0 aliphatic heterocycles.